The van der Waals surface area contributed by atoms with Crippen molar-refractivity contribution in [2.75, 3.05) is 11.9 Å². The summed E-state index contributed by atoms with van der Waals surface area (Å²) in [5.74, 6) is 0.290. The summed E-state index contributed by atoms with van der Waals surface area (Å²) in [4.78, 5) is 31.2. The summed E-state index contributed by atoms with van der Waals surface area (Å²) in [5, 5.41) is 5.41. The molecular weight excluding hydrogens is 434 g/mol. The predicted molar refractivity (Wildman–Crippen MR) is 132 cm³/mol. The molecule has 7 heteroatoms. The van der Waals surface area contributed by atoms with Crippen LogP contribution in [0.1, 0.15) is 30.9 Å². The number of hydrogen-bond acceptors (Lipinski definition) is 5. The average molecular weight is 460 g/mol. The Bertz CT molecular complexity index is 1390. The average Bonchev–Trinajstić information content (AvgIpc) is 3.27. The fraction of sp³-hybridized carbons (Fsp3) is 0.269. The van der Waals surface area contributed by atoms with Gasteiger partial charge >= 0.3 is 0 Å². The molecular formula is C26H25N3O3S. The lowest BCUT2D eigenvalue weighted by molar-refractivity contribution is -0.116. The van der Waals surface area contributed by atoms with Gasteiger partial charge in [0.25, 0.3) is 5.56 Å². The van der Waals surface area contributed by atoms with Gasteiger partial charge in [-0.2, -0.15) is 0 Å². The molecule has 2 aromatic heterocycles. The van der Waals surface area contributed by atoms with Crippen molar-refractivity contribution in [1.82, 2.24) is 9.55 Å². The van der Waals surface area contributed by atoms with Crippen LogP contribution in [0.25, 0.3) is 21.3 Å². The number of carbonyl (C=O) groups excluding carboxylic acids is 1. The fourth-order valence-electron chi connectivity index (χ4n) is 4.39. The molecule has 0 atom stereocenters. The first-order chi connectivity index (χ1) is 16.1. The molecule has 0 saturated carbocycles. The number of aromatic nitrogens is 2. The smallest absolute Gasteiger partial charge is 0.263 e. The number of nitrogens with zero attached hydrogens (tertiary/aromatic N) is 2. The fourth-order valence-corrected chi connectivity index (χ4v) is 5.30. The summed E-state index contributed by atoms with van der Waals surface area (Å²) in [5.41, 5.74) is 5.07. The Labute approximate surface area is 195 Å². The van der Waals surface area contributed by atoms with Crippen molar-refractivity contribution in [2.45, 2.75) is 39.2 Å². The Morgan fingerprint density at radius 3 is 2.82 bits per heavy atom. The maximum atomic E-state index is 13.4. The molecule has 0 radical (unpaired) electrons. The molecule has 33 heavy (non-hydrogen) atoms. The zero-order chi connectivity index (χ0) is 22.8. The third-order valence-corrected chi connectivity index (χ3v) is 6.88. The van der Waals surface area contributed by atoms with Crippen LogP contribution in [0, 0.1) is 0 Å². The minimum absolute atomic E-state index is 0.123. The molecule has 2 aromatic carbocycles. The van der Waals surface area contributed by atoms with E-state index in [2.05, 4.69) is 28.5 Å². The molecule has 0 unspecified atom stereocenters. The SMILES string of the molecule is CCOc1ccccc1NC(=O)Cn1cnc2scc(-c3ccc4c(c3)CCCC4)c2c1=O. The van der Waals surface area contributed by atoms with Crippen LogP contribution in [0.2, 0.25) is 0 Å². The highest BCUT2D eigenvalue weighted by Crippen LogP contribution is 2.33. The van der Waals surface area contributed by atoms with Crippen molar-refractivity contribution in [3.8, 4) is 16.9 Å². The van der Waals surface area contributed by atoms with Crippen LogP contribution in [0.4, 0.5) is 5.69 Å². The van der Waals surface area contributed by atoms with Gasteiger partial charge < -0.3 is 10.1 Å². The lowest BCUT2D eigenvalue weighted by Gasteiger charge is -2.16. The summed E-state index contributed by atoms with van der Waals surface area (Å²) in [6.07, 6.45) is 6.09. The Hall–Kier alpha value is -3.45. The summed E-state index contributed by atoms with van der Waals surface area (Å²) in [6.45, 7) is 2.26. The van der Waals surface area contributed by atoms with Crippen molar-refractivity contribution in [3.63, 3.8) is 0 Å². The van der Waals surface area contributed by atoms with Crippen LogP contribution in [0.5, 0.6) is 5.75 Å². The number of hydrogen-bond donors (Lipinski definition) is 1. The molecule has 0 spiro atoms. The molecule has 0 bridgehead atoms. The van der Waals surface area contributed by atoms with Crippen molar-refractivity contribution in [3.05, 3.63) is 75.7 Å². The molecule has 4 aromatic rings. The molecule has 1 amide bonds. The number of para-hydroxylation sites is 2. The Kier molecular flexibility index (Phi) is 5.96. The molecule has 2 heterocycles. The Morgan fingerprint density at radius 2 is 1.97 bits per heavy atom. The Balaban J connectivity index is 1.44. The van der Waals surface area contributed by atoms with Crippen LogP contribution in [0.3, 0.4) is 0 Å². The summed E-state index contributed by atoms with van der Waals surface area (Å²) >= 11 is 1.46. The van der Waals surface area contributed by atoms with Gasteiger partial charge in [0.15, 0.2) is 0 Å². The number of rotatable bonds is 6. The van der Waals surface area contributed by atoms with E-state index in [9.17, 15) is 9.59 Å². The molecule has 0 saturated heterocycles. The van der Waals surface area contributed by atoms with Gasteiger partial charge in [-0.05, 0) is 61.4 Å². The van der Waals surface area contributed by atoms with Crippen LogP contribution >= 0.6 is 11.3 Å². The topological polar surface area (TPSA) is 73.2 Å². The lowest BCUT2D eigenvalue weighted by Crippen LogP contribution is -2.28. The lowest BCUT2D eigenvalue weighted by atomic mass is 9.89. The van der Waals surface area contributed by atoms with Gasteiger partial charge in [0.05, 0.1) is 24.0 Å². The van der Waals surface area contributed by atoms with Gasteiger partial charge in [0.1, 0.15) is 17.1 Å². The van der Waals surface area contributed by atoms with Crippen LogP contribution < -0.4 is 15.6 Å². The number of thiophene rings is 1. The highest BCUT2D eigenvalue weighted by atomic mass is 32.1. The number of nitrogens with one attached hydrogen (secondary N) is 1. The monoisotopic (exact) mass is 459 g/mol. The largest absolute Gasteiger partial charge is 0.492 e. The summed E-state index contributed by atoms with van der Waals surface area (Å²) < 4.78 is 6.94. The molecule has 0 fully saturated rings. The van der Waals surface area contributed by atoms with Crippen LogP contribution in [0.15, 0.2) is 59.0 Å². The number of aryl methyl sites for hydroxylation is 2. The zero-order valence-corrected chi connectivity index (χ0v) is 19.3. The quantitative estimate of drug-likeness (QED) is 0.438. The highest BCUT2D eigenvalue weighted by Gasteiger charge is 2.17. The third-order valence-electron chi connectivity index (χ3n) is 6.00. The standard InChI is InChI=1S/C26H25N3O3S/c1-2-32-22-10-6-5-9-21(22)28-23(30)14-29-16-27-25-24(26(29)31)20(15-33-25)19-12-11-17-7-3-4-8-18(17)13-19/h5-6,9-13,15-16H,2-4,7-8,14H2,1H3,(H,28,30). The second-order valence-corrected chi connectivity index (χ2v) is 9.03. The Morgan fingerprint density at radius 1 is 1.15 bits per heavy atom. The van der Waals surface area contributed by atoms with E-state index in [1.807, 2.05) is 24.4 Å². The summed E-state index contributed by atoms with van der Waals surface area (Å²) in [7, 11) is 0. The van der Waals surface area contributed by atoms with E-state index in [0.717, 1.165) is 24.0 Å². The first kappa shape index (κ1) is 21.4. The molecule has 168 valence electrons. The molecule has 5 rings (SSSR count). The van der Waals surface area contributed by atoms with E-state index in [1.165, 1.54) is 46.2 Å². The van der Waals surface area contributed by atoms with Gasteiger partial charge in [0.2, 0.25) is 5.91 Å². The number of fused-ring (bicyclic) bond motifs is 2. The molecule has 1 N–H and O–H groups in total. The van der Waals surface area contributed by atoms with E-state index >= 15 is 0 Å². The second-order valence-electron chi connectivity index (χ2n) is 8.18. The zero-order valence-electron chi connectivity index (χ0n) is 18.5. The number of anilines is 1. The maximum Gasteiger partial charge on any atom is 0.263 e. The maximum absolute atomic E-state index is 13.4. The molecule has 0 aliphatic heterocycles. The van der Waals surface area contributed by atoms with Crippen molar-refractivity contribution in [1.29, 1.82) is 0 Å². The van der Waals surface area contributed by atoms with Gasteiger partial charge in [-0.25, -0.2) is 4.98 Å². The van der Waals surface area contributed by atoms with Gasteiger partial charge in [0, 0.05) is 10.9 Å². The first-order valence-electron chi connectivity index (χ1n) is 11.2. The second kappa shape index (κ2) is 9.19. The number of amides is 1. The van der Waals surface area contributed by atoms with Gasteiger partial charge in [-0.15, -0.1) is 11.3 Å². The van der Waals surface area contributed by atoms with Crippen LogP contribution in [-0.4, -0.2) is 22.1 Å². The summed E-state index contributed by atoms with van der Waals surface area (Å²) in [6, 6.07) is 13.8. The number of benzene rings is 2. The van der Waals surface area contributed by atoms with Crippen molar-refractivity contribution in [2.24, 2.45) is 0 Å². The number of carbonyl (C=O) groups is 1. The minimum Gasteiger partial charge on any atom is -0.492 e. The number of ether oxygens (including phenoxy) is 1. The van der Waals surface area contributed by atoms with E-state index in [-0.39, 0.29) is 18.0 Å². The van der Waals surface area contributed by atoms with Gasteiger partial charge in [-0.3, -0.25) is 14.2 Å². The minimum atomic E-state index is -0.309. The third kappa shape index (κ3) is 4.28. The molecule has 6 nitrogen and oxygen atoms in total. The van der Waals surface area contributed by atoms with E-state index < -0.39 is 0 Å². The highest BCUT2D eigenvalue weighted by molar-refractivity contribution is 7.17. The van der Waals surface area contributed by atoms with E-state index in [0.29, 0.717) is 28.3 Å². The molecule has 1 aliphatic carbocycles. The van der Waals surface area contributed by atoms with Crippen molar-refractivity contribution >= 4 is 33.1 Å². The van der Waals surface area contributed by atoms with E-state index in [4.69, 9.17) is 4.74 Å². The predicted octanol–water partition coefficient (Wildman–Crippen LogP) is 5.04. The van der Waals surface area contributed by atoms with Crippen molar-refractivity contribution < 1.29 is 9.53 Å². The first-order valence-corrected chi connectivity index (χ1v) is 12.1. The van der Waals surface area contributed by atoms with E-state index in [1.54, 1.807) is 12.1 Å². The van der Waals surface area contributed by atoms with Gasteiger partial charge in [-0.1, -0.05) is 30.3 Å². The van der Waals surface area contributed by atoms with Crippen LogP contribution in [-0.2, 0) is 24.2 Å². The molecule has 1 aliphatic rings. The normalized spacial score (nSPS) is 13.0.